The van der Waals surface area contributed by atoms with E-state index in [0.717, 1.165) is 19.4 Å². The fourth-order valence-electron chi connectivity index (χ4n) is 2.70. The molecule has 1 amide bonds. The van der Waals surface area contributed by atoms with Crippen molar-refractivity contribution in [1.29, 1.82) is 0 Å². The number of likely N-dealkylation sites (tertiary alicyclic amines) is 1. The first-order valence-corrected chi connectivity index (χ1v) is 7.46. The van der Waals surface area contributed by atoms with Gasteiger partial charge in [-0.1, -0.05) is 0 Å². The third-order valence-corrected chi connectivity index (χ3v) is 3.82. The van der Waals surface area contributed by atoms with Gasteiger partial charge in [0, 0.05) is 36.3 Å². The zero-order valence-electron chi connectivity index (χ0n) is 13.1. The summed E-state index contributed by atoms with van der Waals surface area (Å²) in [5, 5.41) is 2.84. The number of ether oxygens (including phenoxy) is 2. The van der Waals surface area contributed by atoms with Gasteiger partial charge in [0.1, 0.15) is 11.5 Å². The number of alkyl halides is 1. The number of rotatable bonds is 6. The highest BCUT2D eigenvalue weighted by atomic mass is 19.1. The van der Waals surface area contributed by atoms with E-state index in [4.69, 9.17) is 9.47 Å². The number of hydrogen-bond donors (Lipinski definition) is 1. The van der Waals surface area contributed by atoms with Crippen LogP contribution in [0, 0.1) is 5.92 Å². The lowest BCUT2D eigenvalue weighted by molar-refractivity contribution is -0.117. The first-order chi connectivity index (χ1) is 10.6. The summed E-state index contributed by atoms with van der Waals surface area (Å²) in [5.74, 6) is 1.17. The van der Waals surface area contributed by atoms with Gasteiger partial charge < -0.3 is 14.8 Å². The van der Waals surface area contributed by atoms with Crippen LogP contribution in [0.15, 0.2) is 18.2 Å². The molecule has 1 aromatic rings. The average Bonchev–Trinajstić information content (AvgIpc) is 2.54. The molecular formula is C16H23FN2O3. The zero-order valence-corrected chi connectivity index (χ0v) is 13.1. The molecule has 1 aliphatic heterocycles. The lowest BCUT2D eigenvalue weighted by Crippen LogP contribution is -2.41. The van der Waals surface area contributed by atoms with Crippen LogP contribution >= 0.6 is 0 Å². The van der Waals surface area contributed by atoms with Gasteiger partial charge in [-0.15, -0.1) is 0 Å². The van der Waals surface area contributed by atoms with E-state index < -0.39 is 0 Å². The van der Waals surface area contributed by atoms with E-state index in [1.807, 2.05) is 4.90 Å². The molecule has 1 heterocycles. The van der Waals surface area contributed by atoms with Crippen LogP contribution in [0.5, 0.6) is 11.5 Å². The Bertz CT molecular complexity index is 488. The predicted molar refractivity (Wildman–Crippen MR) is 83.3 cm³/mol. The largest absolute Gasteiger partial charge is 0.497 e. The van der Waals surface area contributed by atoms with Crippen molar-refractivity contribution in [3.05, 3.63) is 18.2 Å². The van der Waals surface area contributed by atoms with Crippen molar-refractivity contribution in [3.63, 3.8) is 0 Å². The molecule has 1 N–H and O–H groups in total. The molecule has 1 aromatic carbocycles. The van der Waals surface area contributed by atoms with Crippen molar-refractivity contribution in [1.82, 2.24) is 4.90 Å². The summed E-state index contributed by atoms with van der Waals surface area (Å²) in [6, 6.07) is 5.22. The average molecular weight is 310 g/mol. The summed E-state index contributed by atoms with van der Waals surface area (Å²) in [4.78, 5) is 14.1. The SMILES string of the molecule is COc1cc(NC(=O)CN2CCCC(CF)C2)cc(OC)c1. The van der Waals surface area contributed by atoms with E-state index >= 15 is 0 Å². The maximum absolute atomic E-state index is 12.7. The molecule has 1 unspecified atom stereocenters. The number of methoxy groups -OCH3 is 2. The molecule has 122 valence electrons. The minimum atomic E-state index is -0.314. The molecule has 1 saturated heterocycles. The number of piperidine rings is 1. The van der Waals surface area contributed by atoms with Crippen molar-refractivity contribution < 1.29 is 18.7 Å². The van der Waals surface area contributed by atoms with E-state index in [-0.39, 0.29) is 25.0 Å². The molecule has 0 spiro atoms. The van der Waals surface area contributed by atoms with Crippen molar-refractivity contribution in [2.75, 3.05) is 45.8 Å². The highest BCUT2D eigenvalue weighted by Gasteiger charge is 2.21. The van der Waals surface area contributed by atoms with Crippen LogP contribution < -0.4 is 14.8 Å². The summed E-state index contributed by atoms with van der Waals surface area (Å²) in [5.41, 5.74) is 0.625. The van der Waals surface area contributed by atoms with Crippen LogP contribution in [0.1, 0.15) is 12.8 Å². The maximum atomic E-state index is 12.7. The number of nitrogens with one attached hydrogen (secondary N) is 1. The molecule has 0 radical (unpaired) electrons. The maximum Gasteiger partial charge on any atom is 0.238 e. The number of benzene rings is 1. The molecular weight excluding hydrogens is 287 g/mol. The van der Waals surface area contributed by atoms with E-state index in [0.29, 0.717) is 23.7 Å². The Morgan fingerprint density at radius 1 is 1.32 bits per heavy atom. The van der Waals surface area contributed by atoms with Gasteiger partial charge in [-0.2, -0.15) is 0 Å². The minimum Gasteiger partial charge on any atom is -0.497 e. The van der Waals surface area contributed by atoms with Crippen molar-refractivity contribution in [3.8, 4) is 11.5 Å². The molecule has 0 saturated carbocycles. The molecule has 6 heteroatoms. The first-order valence-electron chi connectivity index (χ1n) is 7.46. The summed E-state index contributed by atoms with van der Waals surface area (Å²) < 4.78 is 23.1. The number of anilines is 1. The van der Waals surface area contributed by atoms with Crippen LogP contribution in [-0.2, 0) is 4.79 Å². The summed E-state index contributed by atoms with van der Waals surface area (Å²) in [6.45, 7) is 1.44. The number of halogens is 1. The summed E-state index contributed by atoms with van der Waals surface area (Å²) in [7, 11) is 3.12. The van der Waals surface area contributed by atoms with Crippen molar-refractivity contribution in [2.45, 2.75) is 12.8 Å². The standard InChI is InChI=1S/C16H23FN2O3/c1-21-14-6-13(7-15(8-14)22-2)18-16(20)11-19-5-3-4-12(9-17)10-19/h6-8,12H,3-5,9-11H2,1-2H3,(H,18,20). The fraction of sp³-hybridized carbons (Fsp3) is 0.562. The summed E-state index contributed by atoms with van der Waals surface area (Å²) >= 11 is 0. The van der Waals surface area contributed by atoms with Crippen molar-refractivity contribution in [2.24, 2.45) is 5.92 Å². The van der Waals surface area contributed by atoms with Gasteiger partial charge in [-0.05, 0) is 19.4 Å². The molecule has 0 bridgehead atoms. The normalized spacial score (nSPS) is 18.8. The second-order valence-electron chi connectivity index (χ2n) is 5.55. The Kier molecular flexibility index (Phi) is 6.00. The van der Waals surface area contributed by atoms with Gasteiger partial charge in [-0.25, -0.2) is 0 Å². The topological polar surface area (TPSA) is 50.8 Å². The Balaban J connectivity index is 1.94. The lowest BCUT2D eigenvalue weighted by atomic mass is 9.99. The molecule has 1 aliphatic rings. The monoisotopic (exact) mass is 310 g/mol. The van der Waals surface area contributed by atoms with Gasteiger partial charge >= 0.3 is 0 Å². The Hall–Kier alpha value is -1.82. The van der Waals surface area contributed by atoms with Crippen LogP contribution in [0.3, 0.4) is 0 Å². The van der Waals surface area contributed by atoms with Crippen molar-refractivity contribution >= 4 is 11.6 Å². The van der Waals surface area contributed by atoms with Gasteiger partial charge in [0.15, 0.2) is 0 Å². The van der Waals surface area contributed by atoms with Crippen LogP contribution in [0.4, 0.5) is 10.1 Å². The minimum absolute atomic E-state index is 0.0541. The zero-order chi connectivity index (χ0) is 15.9. The van der Waals surface area contributed by atoms with Gasteiger partial charge in [0.05, 0.1) is 27.4 Å². The smallest absolute Gasteiger partial charge is 0.238 e. The van der Waals surface area contributed by atoms with Gasteiger partial charge in [0.2, 0.25) is 5.91 Å². The first kappa shape index (κ1) is 16.5. The number of carbonyl (C=O) groups excluding carboxylic acids is 1. The number of amides is 1. The van der Waals surface area contributed by atoms with E-state index in [9.17, 15) is 9.18 Å². The third-order valence-electron chi connectivity index (χ3n) is 3.82. The third kappa shape index (κ3) is 4.59. The Morgan fingerprint density at radius 2 is 2.00 bits per heavy atom. The fourth-order valence-corrected chi connectivity index (χ4v) is 2.70. The summed E-state index contributed by atoms with van der Waals surface area (Å²) in [6.07, 6.45) is 1.84. The van der Waals surface area contributed by atoms with E-state index in [1.54, 1.807) is 32.4 Å². The molecule has 0 aliphatic carbocycles. The molecule has 1 fully saturated rings. The van der Waals surface area contributed by atoms with E-state index in [2.05, 4.69) is 5.32 Å². The Labute approximate surface area is 130 Å². The van der Waals surface area contributed by atoms with E-state index in [1.165, 1.54) is 0 Å². The molecule has 2 rings (SSSR count). The number of carbonyl (C=O) groups is 1. The molecule has 0 aromatic heterocycles. The second-order valence-corrected chi connectivity index (χ2v) is 5.55. The quantitative estimate of drug-likeness (QED) is 0.876. The van der Waals surface area contributed by atoms with Crippen LogP contribution in [-0.4, -0.2) is 51.3 Å². The van der Waals surface area contributed by atoms with Gasteiger partial charge in [0.25, 0.3) is 0 Å². The highest BCUT2D eigenvalue weighted by molar-refractivity contribution is 5.92. The molecule has 1 atom stereocenters. The predicted octanol–water partition coefficient (Wildman–Crippen LogP) is 2.32. The second kappa shape index (κ2) is 7.98. The van der Waals surface area contributed by atoms with Gasteiger partial charge in [-0.3, -0.25) is 14.1 Å². The lowest BCUT2D eigenvalue weighted by Gasteiger charge is -2.30. The highest BCUT2D eigenvalue weighted by Crippen LogP contribution is 2.25. The number of hydrogen-bond acceptors (Lipinski definition) is 4. The molecule has 5 nitrogen and oxygen atoms in total. The van der Waals surface area contributed by atoms with Crippen LogP contribution in [0.2, 0.25) is 0 Å². The van der Waals surface area contributed by atoms with Crippen LogP contribution in [0.25, 0.3) is 0 Å². The Morgan fingerprint density at radius 3 is 2.59 bits per heavy atom. The molecule has 22 heavy (non-hydrogen) atoms. The number of nitrogens with zero attached hydrogens (tertiary/aromatic N) is 1.